The van der Waals surface area contributed by atoms with E-state index in [1.807, 2.05) is 0 Å². The number of ether oxygens (including phenoxy) is 1. The van der Waals surface area contributed by atoms with Gasteiger partial charge in [-0.15, -0.1) is 0 Å². The highest BCUT2D eigenvalue weighted by molar-refractivity contribution is 5.77. The molecular weight excluding hydrogens is 144 g/mol. The van der Waals surface area contributed by atoms with E-state index in [1.165, 1.54) is 7.11 Å². The van der Waals surface area contributed by atoms with Gasteiger partial charge in [0.15, 0.2) is 0 Å². The maximum atomic E-state index is 10.9. The summed E-state index contributed by atoms with van der Waals surface area (Å²) in [6.07, 6.45) is 1.02. The molecule has 0 aromatic rings. The fourth-order valence-electron chi connectivity index (χ4n) is 1.18. The van der Waals surface area contributed by atoms with Crippen molar-refractivity contribution in [2.24, 2.45) is 0 Å². The van der Waals surface area contributed by atoms with E-state index in [2.05, 4.69) is 15.4 Å². The van der Waals surface area contributed by atoms with Gasteiger partial charge in [0.2, 0.25) is 5.91 Å². The quantitative estimate of drug-likeness (QED) is 0.560. The molecule has 0 spiro atoms. The Morgan fingerprint density at radius 3 is 3.18 bits per heavy atom. The van der Waals surface area contributed by atoms with Crippen LogP contribution in [0.25, 0.3) is 0 Å². The van der Waals surface area contributed by atoms with Crippen LogP contribution in [0.3, 0.4) is 0 Å². The van der Waals surface area contributed by atoms with Crippen LogP contribution in [0.15, 0.2) is 0 Å². The van der Waals surface area contributed by atoms with Crippen molar-refractivity contribution in [1.82, 2.24) is 10.6 Å². The number of hydrogen-bond acceptors (Lipinski definition) is 3. The lowest BCUT2D eigenvalue weighted by molar-refractivity contribution is -0.125. The minimum atomic E-state index is -0.0267. The Kier molecular flexibility index (Phi) is 3.32. The predicted octanol–water partition coefficient (Wildman–Crippen LogP) is -0.889. The molecule has 0 aromatic heterocycles. The lowest BCUT2D eigenvalue weighted by Crippen LogP contribution is -2.38. The van der Waals surface area contributed by atoms with Crippen LogP contribution in [0.4, 0.5) is 0 Å². The first-order chi connectivity index (χ1) is 5.33. The number of amides is 1. The van der Waals surface area contributed by atoms with E-state index in [0.29, 0.717) is 6.04 Å². The molecule has 1 heterocycles. The lowest BCUT2D eigenvalue weighted by atomic mass is 10.2. The van der Waals surface area contributed by atoms with E-state index in [9.17, 15) is 4.79 Å². The van der Waals surface area contributed by atoms with Crippen molar-refractivity contribution >= 4 is 5.91 Å². The van der Waals surface area contributed by atoms with Gasteiger partial charge in [-0.2, -0.15) is 0 Å². The topological polar surface area (TPSA) is 50.4 Å². The number of rotatable bonds is 3. The van der Waals surface area contributed by atoms with Gasteiger partial charge in [-0.05, 0) is 13.0 Å². The number of nitrogens with one attached hydrogen (secondary N) is 2. The van der Waals surface area contributed by atoms with Crippen molar-refractivity contribution in [2.75, 3.05) is 26.8 Å². The molecule has 4 heteroatoms. The van der Waals surface area contributed by atoms with E-state index < -0.39 is 0 Å². The van der Waals surface area contributed by atoms with Gasteiger partial charge in [0.1, 0.15) is 6.61 Å². The maximum absolute atomic E-state index is 10.9. The standard InChI is InChI=1S/C7H14N2O2/c1-11-5-7(10)9-6-2-3-8-4-6/h6,8H,2-5H2,1H3,(H,9,10). The molecule has 0 saturated carbocycles. The molecule has 0 aromatic carbocycles. The van der Waals surface area contributed by atoms with Crippen molar-refractivity contribution in [3.8, 4) is 0 Å². The summed E-state index contributed by atoms with van der Waals surface area (Å²) in [6.45, 7) is 2.05. The zero-order valence-corrected chi connectivity index (χ0v) is 6.72. The third-order valence-corrected chi connectivity index (χ3v) is 1.70. The van der Waals surface area contributed by atoms with Crippen molar-refractivity contribution in [2.45, 2.75) is 12.5 Å². The summed E-state index contributed by atoms with van der Waals surface area (Å²) < 4.78 is 4.68. The van der Waals surface area contributed by atoms with Crippen molar-refractivity contribution in [3.05, 3.63) is 0 Å². The van der Waals surface area contributed by atoms with E-state index in [4.69, 9.17) is 0 Å². The van der Waals surface area contributed by atoms with Gasteiger partial charge in [-0.25, -0.2) is 0 Å². The zero-order chi connectivity index (χ0) is 8.10. The molecule has 11 heavy (non-hydrogen) atoms. The average Bonchev–Trinajstić information content (AvgIpc) is 2.40. The number of carbonyl (C=O) groups is 1. The summed E-state index contributed by atoms with van der Waals surface area (Å²) in [7, 11) is 1.52. The summed E-state index contributed by atoms with van der Waals surface area (Å²) in [5.41, 5.74) is 0. The lowest BCUT2D eigenvalue weighted by Gasteiger charge is -2.09. The number of carbonyl (C=O) groups excluding carboxylic acids is 1. The van der Waals surface area contributed by atoms with E-state index in [-0.39, 0.29) is 12.5 Å². The molecule has 1 rings (SSSR count). The van der Waals surface area contributed by atoms with Crippen LogP contribution in [0.5, 0.6) is 0 Å². The normalized spacial score (nSPS) is 23.5. The fourth-order valence-corrected chi connectivity index (χ4v) is 1.18. The van der Waals surface area contributed by atoms with Crippen LogP contribution in [0, 0.1) is 0 Å². The zero-order valence-electron chi connectivity index (χ0n) is 6.72. The molecule has 1 atom stereocenters. The maximum Gasteiger partial charge on any atom is 0.246 e. The molecule has 1 saturated heterocycles. The molecule has 1 aliphatic heterocycles. The van der Waals surface area contributed by atoms with Gasteiger partial charge in [-0.1, -0.05) is 0 Å². The molecule has 4 nitrogen and oxygen atoms in total. The first kappa shape index (κ1) is 8.49. The monoisotopic (exact) mass is 158 g/mol. The van der Waals surface area contributed by atoms with Crippen LogP contribution in [-0.4, -0.2) is 38.8 Å². The van der Waals surface area contributed by atoms with Crippen LogP contribution < -0.4 is 10.6 Å². The van der Waals surface area contributed by atoms with Crippen molar-refractivity contribution in [3.63, 3.8) is 0 Å². The molecule has 1 aliphatic rings. The molecular formula is C7H14N2O2. The summed E-state index contributed by atoms with van der Waals surface area (Å²) in [5.74, 6) is -0.0267. The van der Waals surface area contributed by atoms with Crippen LogP contribution in [0.2, 0.25) is 0 Å². The Bertz CT molecular complexity index is 132. The fraction of sp³-hybridized carbons (Fsp3) is 0.857. The van der Waals surface area contributed by atoms with E-state index in [0.717, 1.165) is 19.5 Å². The molecule has 64 valence electrons. The highest BCUT2D eigenvalue weighted by Crippen LogP contribution is 1.95. The second-order valence-electron chi connectivity index (χ2n) is 2.69. The highest BCUT2D eigenvalue weighted by Gasteiger charge is 2.15. The van der Waals surface area contributed by atoms with Gasteiger partial charge in [-0.3, -0.25) is 4.79 Å². The van der Waals surface area contributed by atoms with E-state index in [1.54, 1.807) is 0 Å². The predicted molar refractivity (Wildman–Crippen MR) is 41.3 cm³/mol. The second kappa shape index (κ2) is 4.31. The molecule has 1 amide bonds. The SMILES string of the molecule is COCC(=O)NC1CCNC1. The van der Waals surface area contributed by atoms with Gasteiger partial charge in [0.05, 0.1) is 0 Å². The Labute approximate surface area is 66.3 Å². The van der Waals surface area contributed by atoms with Gasteiger partial charge in [0, 0.05) is 19.7 Å². The third kappa shape index (κ3) is 2.86. The molecule has 2 N–H and O–H groups in total. The Morgan fingerprint density at radius 2 is 2.64 bits per heavy atom. The summed E-state index contributed by atoms with van der Waals surface area (Å²) in [5, 5.41) is 6.02. The van der Waals surface area contributed by atoms with Gasteiger partial charge < -0.3 is 15.4 Å². The largest absolute Gasteiger partial charge is 0.375 e. The molecule has 0 radical (unpaired) electrons. The van der Waals surface area contributed by atoms with E-state index >= 15 is 0 Å². The third-order valence-electron chi connectivity index (χ3n) is 1.70. The second-order valence-corrected chi connectivity index (χ2v) is 2.69. The summed E-state index contributed by atoms with van der Waals surface area (Å²) >= 11 is 0. The number of methoxy groups -OCH3 is 1. The first-order valence-corrected chi connectivity index (χ1v) is 3.82. The minimum Gasteiger partial charge on any atom is -0.375 e. The van der Waals surface area contributed by atoms with Crippen molar-refractivity contribution < 1.29 is 9.53 Å². The van der Waals surface area contributed by atoms with Crippen LogP contribution >= 0.6 is 0 Å². The minimum absolute atomic E-state index is 0.0267. The molecule has 0 aliphatic carbocycles. The Hall–Kier alpha value is -0.610. The highest BCUT2D eigenvalue weighted by atomic mass is 16.5. The molecule has 0 bridgehead atoms. The Balaban J connectivity index is 2.13. The van der Waals surface area contributed by atoms with Gasteiger partial charge in [0.25, 0.3) is 0 Å². The van der Waals surface area contributed by atoms with Crippen LogP contribution in [0.1, 0.15) is 6.42 Å². The van der Waals surface area contributed by atoms with Gasteiger partial charge >= 0.3 is 0 Å². The van der Waals surface area contributed by atoms with Crippen molar-refractivity contribution in [1.29, 1.82) is 0 Å². The first-order valence-electron chi connectivity index (χ1n) is 3.82. The smallest absolute Gasteiger partial charge is 0.246 e. The summed E-state index contributed by atoms with van der Waals surface area (Å²) in [4.78, 5) is 10.9. The molecule has 1 unspecified atom stereocenters. The number of hydrogen-bond donors (Lipinski definition) is 2. The average molecular weight is 158 g/mol. The van der Waals surface area contributed by atoms with Crippen LogP contribution in [-0.2, 0) is 9.53 Å². The summed E-state index contributed by atoms with van der Waals surface area (Å²) in [6, 6.07) is 0.303. The Morgan fingerprint density at radius 1 is 1.82 bits per heavy atom. The molecule has 1 fully saturated rings.